The van der Waals surface area contributed by atoms with Crippen molar-refractivity contribution < 1.29 is 0 Å². The van der Waals surface area contributed by atoms with Crippen LogP contribution in [0.15, 0.2) is 0 Å². The first kappa shape index (κ1) is 11.6. The van der Waals surface area contributed by atoms with E-state index in [0.717, 1.165) is 30.2 Å². The van der Waals surface area contributed by atoms with E-state index >= 15 is 0 Å². The van der Waals surface area contributed by atoms with Gasteiger partial charge >= 0.3 is 0 Å². The second kappa shape index (κ2) is 4.57. The summed E-state index contributed by atoms with van der Waals surface area (Å²) in [5, 5.41) is 4.48. The maximum absolute atomic E-state index is 6.18. The molecule has 1 aliphatic heterocycles. The van der Waals surface area contributed by atoms with Crippen LogP contribution in [-0.2, 0) is 13.5 Å². The molecule has 90 valence electrons. The van der Waals surface area contributed by atoms with Crippen LogP contribution in [0.5, 0.6) is 0 Å². The van der Waals surface area contributed by atoms with Crippen molar-refractivity contribution in [2.24, 2.45) is 7.05 Å². The molecule has 0 saturated carbocycles. The van der Waals surface area contributed by atoms with Crippen molar-refractivity contribution in [3.8, 4) is 0 Å². The van der Waals surface area contributed by atoms with Crippen LogP contribution in [0.25, 0.3) is 0 Å². The average molecular weight is 240 g/mol. The summed E-state index contributed by atoms with van der Waals surface area (Å²) in [6, 6.07) is 0.543. The Bertz CT molecular complexity index is 374. The van der Waals surface area contributed by atoms with E-state index in [1.807, 2.05) is 23.5 Å². The maximum atomic E-state index is 6.18. The quantitative estimate of drug-likeness (QED) is 0.851. The molecule has 2 rings (SSSR count). The van der Waals surface area contributed by atoms with Gasteiger partial charge in [-0.05, 0) is 13.3 Å². The molecule has 1 aliphatic rings. The summed E-state index contributed by atoms with van der Waals surface area (Å²) >= 11 is 2.01. The van der Waals surface area contributed by atoms with Gasteiger partial charge in [-0.3, -0.25) is 4.68 Å². The standard InChI is InChI=1S/C11H20N4S/c1-4-9-10(12)11(14(3)13-9)15-5-6-16-7-8(15)2/h8H,4-7,12H2,1-3H3. The molecule has 4 nitrogen and oxygen atoms in total. The van der Waals surface area contributed by atoms with E-state index in [1.54, 1.807) is 0 Å². The number of thioether (sulfide) groups is 1. The normalized spacial score (nSPS) is 21.4. The lowest BCUT2D eigenvalue weighted by molar-refractivity contribution is 0.646. The molecular weight excluding hydrogens is 220 g/mol. The SMILES string of the molecule is CCc1nn(C)c(N2CCSCC2C)c1N. The number of aryl methyl sites for hydroxylation is 2. The van der Waals surface area contributed by atoms with Crippen molar-refractivity contribution in [1.82, 2.24) is 9.78 Å². The fourth-order valence-electron chi connectivity index (χ4n) is 2.23. The van der Waals surface area contributed by atoms with E-state index in [4.69, 9.17) is 5.73 Å². The number of hydrogen-bond acceptors (Lipinski definition) is 4. The van der Waals surface area contributed by atoms with Crippen LogP contribution < -0.4 is 10.6 Å². The number of nitrogen functional groups attached to an aromatic ring is 1. The van der Waals surface area contributed by atoms with E-state index < -0.39 is 0 Å². The molecule has 1 unspecified atom stereocenters. The molecule has 1 fully saturated rings. The Morgan fingerprint density at radius 1 is 1.56 bits per heavy atom. The highest BCUT2D eigenvalue weighted by molar-refractivity contribution is 7.99. The predicted octanol–water partition coefficient (Wildman–Crippen LogP) is 1.51. The Balaban J connectivity index is 2.34. The van der Waals surface area contributed by atoms with Gasteiger partial charge in [-0.2, -0.15) is 16.9 Å². The lowest BCUT2D eigenvalue weighted by atomic mass is 10.2. The second-order valence-corrected chi connectivity index (χ2v) is 5.43. The van der Waals surface area contributed by atoms with Crippen molar-refractivity contribution in [3.63, 3.8) is 0 Å². The molecule has 1 saturated heterocycles. The molecule has 0 spiro atoms. The predicted molar refractivity (Wildman–Crippen MR) is 71.1 cm³/mol. The van der Waals surface area contributed by atoms with Crippen molar-refractivity contribution in [2.75, 3.05) is 28.7 Å². The zero-order chi connectivity index (χ0) is 11.7. The first-order valence-corrected chi connectivity index (χ1v) is 6.96. The zero-order valence-corrected chi connectivity index (χ0v) is 11.0. The third-order valence-corrected chi connectivity index (χ3v) is 4.29. The highest BCUT2D eigenvalue weighted by atomic mass is 32.2. The van der Waals surface area contributed by atoms with Crippen LogP contribution in [0.4, 0.5) is 11.5 Å². The summed E-state index contributed by atoms with van der Waals surface area (Å²) in [4.78, 5) is 2.39. The lowest BCUT2D eigenvalue weighted by Gasteiger charge is -2.34. The minimum absolute atomic E-state index is 0.543. The highest BCUT2D eigenvalue weighted by Gasteiger charge is 2.25. The minimum atomic E-state index is 0.543. The molecule has 0 aliphatic carbocycles. The molecule has 1 aromatic heterocycles. The molecule has 5 heteroatoms. The fourth-order valence-corrected chi connectivity index (χ4v) is 3.24. The molecule has 0 amide bonds. The third kappa shape index (κ3) is 1.88. The van der Waals surface area contributed by atoms with Crippen LogP contribution in [0, 0.1) is 0 Å². The number of rotatable bonds is 2. The van der Waals surface area contributed by atoms with Gasteiger partial charge in [0.2, 0.25) is 0 Å². The second-order valence-electron chi connectivity index (χ2n) is 4.28. The smallest absolute Gasteiger partial charge is 0.150 e. The Hall–Kier alpha value is -0.840. The summed E-state index contributed by atoms with van der Waals surface area (Å²) in [5.74, 6) is 3.45. The molecular formula is C11H20N4S. The van der Waals surface area contributed by atoms with Crippen molar-refractivity contribution in [1.29, 1.82) is 0 Å². The molecule has 0 aromatic carbocycles. The van der Waals surface area contributed by atoms with Crippen molar-refractivity contribution in [3.05, 3.63) is 5.69 Å². The molecule has 16 heavy (non-hydrogen) atoms. The van der Waals surface area contributed by atoms with Gasteiger partial charge in [-0.1, -0.05) is 6.92 Å². The van der Waals surface area contributed by atoms with Gasteiger partial charge in [0.1, 0.15) is 0 Å². The Morgan fingerprint density at radius 3 is 2.88 bits per heavy atom. The number of aromatic nitrogens is 2. The van der Waals surface area contributed by atoms with Crippen LogP contribution in [0.3, 0.4) is 0 Å². The Labute approximate surface area is 101 Å². The molecule has 0 bridgehead atoms. The summed E-state index contributed by atoms with van der Waals surface area (Å²) in [5.41, 5.74) is 8.06. The third-order valence-electron chi connectivity index (χ3n) is 3.10. The number of anilines is 2. The van der Waals surface area contributed by atoms with Gasteiger partial charge in [0.25, 0.3) is 0 Å². The summed E-state index contributed by atoms with van der Waals surface area (Å²) < 4.78 is 1.93. The Kier molecular flexibility index (Phi) is 3.33. The summed E-state index contributed by atoms with van der Waals surface area (Å²) in [6.07, 6.45) is 0.899. The monoisotopic (exact) mass is 240 g/mol. The van der Waals surface area contributed by atoms with Gasteiger partial charge in [0.05, 0.1) is 11.4 Å². The largest absolute Gasteiger partial charge is 0.394 e. The topological polar surface area (TPSA) is 47.1 Å². The van der Waals surface area contributed by atoms with Gasteiger partial charge in [0, 0.05) is 31.1 Å². The fraction of sp³-hybridized carbons (Fsp3) is 0.727. The van der Waals surface area contributed by atoms with E-state index in [1.165, 1.54) is 11.5 Å². The molecule has 1 atom stereocenters. The van der Waals surface area contributed by atoms with Crippen molar-refractivity contribution in [2.45, 2.75) is 26.3 Å². The zero-order valence-electron chi connectivity index (χ0n) is 10.2. The molecule has 2 heterocycles. The van der Waals surface area contributed by atoms with Gasteiger partial charge in [0.15, 0.2) is 5.82 Å². The average Bonchev–Trinajstić information content (AvgIpc) is 2.55. The Morgan fingerprint density at radius 2 is 2.31 bits per heavy atom. The van der Waals surface area contributed by atoms with Gasteiger partial charge < -0.3 is 10.6 Å². The van der Waals surface area contributed by atoms with Crippen LogP contribution in [0.1, 0.15) is 19.5 Å². The van der Waals surface area contributed by atoms with Crippen LogP contribution in [0.2, 0.25) is 0 Å². The molecule has 0 radical (unpaired) electrons. The van der Waals surface area contributed by atoms with E-state index in [0.29, 0.717) is 6.04 Å². The van der Waals surface area contributed by atoms with E-state index in [2.05, 4.69) is 23.8 Å². The number of hydrogen-bond donors (Lipinski definition) is 1. The molecule has 1 aromatic rings. The highest BCUT2D eigenvalue weighted by Crippen LogP contribution is 2.30. The van der Waals surface area contributed by atoms with Gasteiger partial charge in [-0.25, -0.2) is 0 Å². The van der Waals surface area contributed by atoms with Crippen LogP contribution >= 0.6 is 11.8 Å². The number of nitrogens with two attached hydrogens (primary N) is 1. The lowest BCUT2D eigenvalue weighted by Crippen LogP contribution is -2.41. The van der Waals surface area contributed by atoms with Gasteiger partial charge in [-0.15, -0.1) is 0 Å². The van der Waals surface area contributed by atoms with Crippen molar-refractivity contribution >= 4 is 23.3 Å². The number of nitrogens with zero attached hydrogens (tertiary/aromatic N) is 3. The maximum Gasteiger partial charge on any atom is 0.150 e. The summed E-state index contributed by atoms with van der Waals surface area (Å²) in [6.45, 7) is 5.42. The first-order valence-electron chi connectivity index (χ1n) is 5.80. The van der Waals surface area contributed by atoms with Crippen LogP contribution in [-0.4, -0.2) is 33.9 Å². The molecule has 2 N–H and O–H groups in total. The van der Waals surface area contributed by atoms with E-state index in [9.17, 15) is 0 Å². The summed E-state index contributed by atoms with van der Waals surface area (Å²) in [7, 11) is 1.99. The first-order chi connectivity index (χ1) is 7.65. The minimum Gasteiger partial charge on any atom is -0.394 e. The van der Waals surface area contributed by atoms with E-state index in [-0.39, 0.29) is 0 Å².